The first-order chi connectivity index (χ1) is 8.15. The van der Waals surface area contributed by atoms with E-state index in [9.17, 15) is 5.11 Å². The van der Waals surface area contributed by atoms with Gasteiger partial charge in [0.15, 0.2) is 0 Å². The number of nitrogens with one attached hydrogen (secondary N) is 1. The minimum absolute atomic E-state index is 0.332. The molecule has 1 aromatic rings. The average Bonchev–Trinajstić information content (AvgIpc) is 2.29. The molecule has 1 saturated heterocycles. The first-order valence-electron chi connectivity index (χ1n) is 6.38. The summed E-state index contributed by atoms with van der Waals surface area (Å²) >= 11 is 0. The van der Waals surface area contributed by atoms with Crippen LogP contribution in [0.1, 0.15) is 31.4 Å². The van der Waals surface area contributed by atoms with Crippen molar-refractivity contribution in [3.63, 3.8) is 0 Å². The van der Waals surface area contributed by atoms with Crippen molar-refractivity contribution in [2.75, 3.05) is 20.1 Å². The molecule has 0 saturated carbocycles. The van der Waals surface area contributed by atoms with Gasteiger partial charge in [-0.1, -0.05) is 12.1 Å². The second-order valence-corrected chi connectivity index (χ2v) is 5.08. The summed E-state index contributed by atoms with van der Waals surface area (Å²) in [6.07, 6.45) is 2.53. The summed E-state index contributed by atoms with van der Waals surface area (Å²) < 4.78 is 0. The zero-order valence-corrected chi connectivity index (χ0v) is 10.7. The fraction of sp³-hybridized carbons (Fsp3) is 0.571. The summed E-state index contributed by atoms with van der Waals surface area (Å²) in [7, 11) is 2.18. The van der Waals surface area contributed by atoms with Crippen molar-refractivity contribution in [3.05, 3.63) is 29.8 Å². The van der Waals surface area contributed by atoms with Crippen molar-refractivity contribution < 1.29 is 5.11 Å². The second-order valence-electron chi connectivity index (χ2n) is 5.08. The third-order valence-electron chi connectivity index (χ3n) is 3.50. The van der Waals surface area contributed by atoms with Gasteiger partial charge in [-0.05, 0) is 51.1 Å². The van der Waals surface area contributed by atoms with Crippen LogP contribution in [0.25, 0.3) is 0 Å². The second kappa shape index (κ2) is 5.52. The molecule has 1 fully saturated rings. The number of benzene rings is 1. The molecule has 1 heterocycles. The Labute approximate surface area is 103 Å². The standard InChI is InChI=1S/C14H22N2O/c1-11(12-5-7-14(17)8-6-12)15-13-4-3-9-16(2)10-13/h5-8,11,13,15,17H,3-4,9-10H2,1-2H3. The van der Waals surface area contributed by atoms with Crippen LogP contribution in [0, 0.1) is 0 Å². The Kier molecular flexibility index (Phi) is 4.02. The average molecular weight is 234 g/mol. The van der Waals surface area contributed by atoms with Crippen molar-refractivity contribution >= 4 is 0 Å². The predicted molar refractivity (Wildman–Crippen MR) is 70.2 cm³/mol. The SMILES string of the molecule is CC(NC1CCCN(C)C1)c1ccc(O)cc1. The van der Waals surface area contributed by atoms with Crippen LogP contribution in [0.3, 0.4) is 0 Å². The number of piperidine rings is 1. The fourth-order valence-electron chi connectivity index (χ4n) is 2.52. The highest BCUT2D eigenvalue weighted by molar-refractivity contribution is 5.27. The molecule has 0 aromatic heterocycles. The third-order valence-corrected chi connectivity index (χ3v) is 3.50. The van der Waals surface area contributed by atoms with Crippen molar-refractivity contribution in [1.82, 2.24) is 10.2 Å². The van der Waals surface area contributed by atoms with Gasteiger partial charge in [-0.25, -0.2) is 0 Å². The smallest absolute Gasteiger partial charge is 0.115 e. The molecule has 0 aliphatic carbocycles. The Morgan fingerprint density at radius 1 is 1.35 bits per heavy atom. The zero-order chi connectivity index (χ0) is 12.3. The van der Waals surface area contributed by atoms with Gasteiger partial charge in [-0.15, -0.1) is 0 Å². The number of phenolic OH excluding ortho intramolecular Hbond substituents is 1. The zero-order valence-electron chi connectivity index (χ0n) is 10.7. The molecule has 94 valence electrons. The van der Waals surface area contributed by atoms with Crippen LogP contribution >= 0.6 is 0 Å². The third kappa shape index (κ3) is 3.45. The Hall–Kier alpha value is -1.06. The molecule has 2 N–H and O–H groups in total. The molecule has 3 nitrogen and oxygen atoms in total. The van der Waals surface area contributed by atoms with Crippen molar-refractivity contribution in [2.45, 2.75) is 31.8 Å². The molecule has 2 atom stereocenters. The summed E-state index contributed by atoms with van der Waals surface area (Å²) in [5.74, 6) is 0.332. The minimum Gasteiger partial charge on any atom is -0.508 e. The number of aromatic hydroxyl groups is 1. The maximum absolute atomic E-state index is 9.27. The van der Waals surface area contributed by atoms with E-state index < -0.39 is 0 Å². The van der Waals surface area contributed by atoms with E-state index in [1.165, 1.54) is 24.9 Å². The Morgan fingerprint density at radius 2 is 2.06 bits per heavy atom. The maximum Gasteiger partial charge on any atom is 0.115 e. The van der Waals surface area contributed by atoms with Crippen LogP contribution in [0.5, 0.6) is 5.75 Å². The van der Waals surface area contributed by atoms with Crippen LogP contribution in [-0.2, 0) is 0 Å². The van der Waals surface area contributed by atoms with E-state index >= 15 is 0 Å². The molecule has 1 aromatic carbocycles. The van der Waals surface area contributed by atoms with E-state index in [-0.39, 0.29) is 0 Å². The van der Waals surface area contributed by atoms with Gasteiger partial charge in [0.05, 0.1) is 0 Å². The molecule has 0 spiro atoms. The van der Waals surface area contributed by atoms with Crippen LogP contribution in [0.15, 0.2) is 24.3 Å². The molecular weight excluding hydrogens is 212 g/mol. The molecule has 1 aliphatic rings. The topological polar surface area (TPSA) is 35.5 Å². The van der Waals surface area contributed by atoms with Gasteiger partial charge in [-0.2, -0.15) is 0 Å². The number of phenols is 1. The summed E-state index contributed by atoms with van der Waals surface area (Å²) in [5, 5.41) is 12.9. The van der Waals surface area contributed by atoms with E-state index in [0.717, 1.165) is 6.54 Å². The fourth-order valence-corrected chi connectivity index (χ4v) is 2.52. The van der Waals surface area contributed by atoms with Gasteiger partial charge >= 0.3 is 0 Å². The number of hydrogen-bond acceptors (Lipinski definition) is 3. The Morgan fingerprint density at radius 3 is 2.71 bits per heavy atom. The van der Waals surface area contributed by atoms with Gasteiger partial charge in [0.2, 0.25) is 0 Å². The minimum atomic E-state index is 0.332. The molecule has 3 heteroatoms. The van der Waals surface area contributed by atoms with E-state index in [1.54, 1.807) is 12.1 Å². The Bertz CT molecular complexity index is 350. The quantitative estimate of drug-likeness (QED) is 0.841. The molecule has 0 amide bonds. The lowest BCUT2D eigenvalue weighted by molar-refractivity contribution is 0.218. The monoisotopic (exact) mass is 234 g/mol. The molecule has 0 bridgehead atoms. The van der Waals surface area contributed by atoms with Gasteiger partial charge in [0.1, 0.15) is 5.75 Å². The van der Waals surface area contributed by atoms with E-state index in [4.69, 9.17) is 0 Å². The first kappa shape index (κ1) is 12.4. The maximum atomic E-state index is 9.27. The Balaban J connectivity index is 1.91. The van der Waals surface area contributed by atoms with Crippen molar-refractivity contribution in [1.29, 1.82) is 0 Å². The highest BCUT2D eigenvalue weighted by Crippen LogP contribution is 2.18. The predicted octanol–water partition coefficient (Wildman–Crippen LogP) is 2.14. The number of likely N-dealkylation sites (N-methyl/N-ethyl adjacent to an activating group) is 1. The van der Waals surface area contributed by atoms with Gasteiger partial charge in [-0.3, -0.25) is 0 Å². The van der Waals surface area contributed by atoms with Crippen LogP contribution in [-0.4, -0.2) is 36.2 Å². The molecule has 1 aliphatic heterocycles. The van der Waals surface area contributed by atoms with Crippen LogP contribution in [0.4, 0.5) is 0 Å². The van der Waals surface area contributed by atoms with Gasteiger partial charge in [0.25, 0.3) is 0 Å². The largest absolute Gasteiger partial charge is 0.508 e. The first-order valence-corrected chi connectivity index (χ1v) is 6.38. The molecule has 17 heavy (non-hydrogen) atoms. The van der Waals surface area contributed by atoms with Crippen LogP contribution in [0.2, 0.25) is 0 Å². The van der Waals surface area contributed by atoms with Crippen molar-refractivity contribution in [3.8, 4) is 5.75 Å². The lowest BCUT2D eigenvalue weighted by atomic mass is 10.0. The number of likely N-dealkylation sites (tertiary alicyclic amines) is 1. The summed E-state index contributed by atoms with van der Waals surface area (Å²) in [4.78, 5) is 2.38. The summed E-state index contributed by atoms with van der Waals surface area (Å²) in [6, 6.07) is 8.39. The number of hydrogen-bond donors (Lipinski definition) is 2. The van der Waals surface area contributed by atoms with Gasteiger partial charge in [0, 0.05) is 18.6 Å². The van der Waals surface area contributed by atoms with E-state index in [2.05, 4.69) is 24.2 Å². The highest BCUT2D eigenvalue weighted by atomic mass is 16.3. The molecule has 2 unspecified atom stereocenters. The lowest BCUT2D eigenvalue weighted by Gasteiger charge is -2.32. The highest BCUT2D eigenvalue weighted by Gasteiger charge is 2.18. The van der Waals surface area contributed by atoms with Crippen LogP contribution < -0.4 is 5.32 Å². The van der Waals surface area contributed by atoms with Gasteiger partial charge < -0.3 is 15.3 Å². The molecule has 2 rings (SSSR count). The van der Waals surface area contributed by atoms with Crippen molar-refractivity contribution in [2.24, 2.45) is 0 Å². The number of rotatable bonds is 3. The van der Waals surface area contributed by atoms with E-state index in [0.29, 0.717) is 17.8 Å². The lowest BCUT2D eigenvalue weighted by Crippen LogP contribution is -2.44. The van der Waals surface area contributed by atoms with E-state index in [1.807, 2.05) is 12.1 Å². The number of nitrogens with zero attached hydrogens (tertiary/aromatic N) is 1. The summed E-state index contributed by atoms with van der Waals surface area (Å²) in [6.45, 7) is 4.52. The molecular formula is C14H22N2O. The normalized spacial score (nSPS) is 23.5. The molecule has 0 radical (unpaired) electrons. The summed E-state index contributed by atoms with van der Waals surface area (Å²) in [5.41, 5.74) is 1.23.